The maximum Gasteiger partial charge on any atom is 0.405 e. The molecule has 1 aliphatic heterocycles. The van der Waals surface area contributed by atoms with E-state index in [9.17, 15) is 22.8 Å². The van der Waals surface area contributed by atoms with Gasteiger partial charge >= 0.3 is 12.1 Å². The van der Waals surface area contributed by atoms with Crippen molar-refractivity contribution in [3.8, 4) is 0 Å². The van der Waals surface area contributed by atoms with Crippen LogP contribution in [0, 0.1) is 0 Å². The summed E-state index contributed by atoms with van der Waals surface area (Å²) in [6.45, 7) is -1.35. The normalized spacial score (nSPS) is 21.6. The fraction of sp³-hybridized carbons (Fsp3) is 0.778. The number of nitrogens with zero attached hydrogens (tertiary/aromatic N) is 1. The van der Waals surface area contributed by atoms with Gasteiger partial charge in [-0.3, -0.25) is 14.5 Å². The number of amides is 1. The zero-order valence-electron chi connectivity index (χ0n) is 9.37. The maximum atomic E-state index is 11.9. The van der Waals surface area contributed by atoms with Gasteiger partial charge in [0.15, 0.2) is 0 Å². The number of alkyl halides is 3. The van der Waals surface area contributed by atoms with E-state index >= 15 is 0 Å². The summed E-state index contributed by atoms with van der Waals surface area (Å²) < 4.78 is 35.6. The Morgan fingerprint density at radius 1 is 1.44 bits per heavy atom. The van der Waals surface area contributed by atoms with Crippen molar-refractivity contribution in [1.29, 1.82) is 0 Å². The van der Waals surface area contributed by atoms with Crippen LogP contribution in [0.25, 0.3) is 0 Å². The monoisotopic (exact) mass is 286 g/mol. The lowest BCUT2D eigenvalue weighted by atomic mass is 10.2. The van der Waals surface area contributed by atoms with Crippen molar-refractivity contribution in [3.05, 3.63) is 0 Å². The van der Waals surface area contributed by atoms with Crippen LogP contribution in [0.1, 0.15) is 0 Å². The van der Waals surface area contributed by atoms with Crippen LogP contribution in [0.2, 0.25) is 0 Å². The third kappa shape index (κ3) is 5.13. The highest BCUT2D eigenvalue weighted by Gasteiger charge is 2.32. The van der Waals surface area contributed by atoms with Gasteiger partial charge in [0.2, 0.25) is 5.91 Å². The van der Waals surface area contributed by atoms with Crippen molar-refractivity contribution in [2.24, 2.45) is 0 Å². The Bertz CT molecular complexity index is 325. The molecule has 1 fully saturated rings. The van der Waals surface area contributed by atoms with Crippen LogP contribution in [0.3, 0.4) is 0 Å². The Labute approximate surface area is 106 Å². The van der Waals surface area contributed by atoms with Crippen LogP contribution in [0.4, 0.5) is 13.2 Å². The van der Waals surface area contributed by atoms with E-state index in [0.717, 1.165) is 0 Å². The molecular weight excluding hydrogens is 273 g/mol. The second-order valence-corrected chi connectivity index (χ2v) is 4.94. The van der Waals surface area contributed by atoms with Crippen molar-refractivity contribution < 1.29 is 27.9 Å². The number of hydrogen-bond acceptors (Lipinski definition) is 4. The van der Waals surface area contributed by atoms with Gasteiger partial charge in [0, 0.05) is 18.1 Å². The van der Waals surface area contributed by atoms with Crippen LogP contribution in [0.5, 0.6) is 0 Å². The molecule has 1 unspecified atom stereocenters. The molecule has 0 spiro atoms. The van der Waals surface area contributed by atoms with E-state index < -0.39 is 30.6 Å². The van der Waals surface area contributed by atoms with Gasteiger partial charge < -0.3 is 10.4 Å². The second-order valence-electron chi connectivity index (χ2n) is 3.79. The number of hydrogen-bond donors (Lipinski definition) is 2. The summed E-state index contributed by atoms with van der Waals surface area (Å²) in [5.41, 5.74) is 0. The van der Waals surface area contributed by atoms with Gasteiger partial charge in [0.25, 0.3) is 0 Å². The first-order valence-electron chi connectivity index (χ1n) is 5.17. The van der Waals surface area contributed by atoms with E-state index in [1.807, 2.05) is 0 Å². The number of carboxylic acid groups (broad SMARTS) is 1. The molecule has 104 valence electrons. The Morgan fingerprint density at radius 2 is 2.11 bits per heavy atom. The third-order valence-corrected chi connectivity index (χ3v) is 3.38. The number of rotatable bonds is 4. The molecule has 0 aromatic heterocycles. The lowest BCUT2D eigenvalue weighted by molar-refractivity contribution is -0.145. The summed E-state index contributed by atoms with van der Waals surface area (Å²) in [6.07, 6.45) is -4.46. The first-order valence-corrected chi connectivity index (χ1v) is 6.33. The average molecular weight is 286 g/mol. The maximum absolute atomic E-state index is 11.9. The molecule has 9 heteroatoms. The molecule has 1 saturated heterocycles. The molecule has 1 rings (SSSR count). The van der Waals surface area contributed by atoms with Gasteiger partial charge in [0.05, 0.1) is 6.54 Å². The lowest BCUT2D eigenvalue weighted by Crippen LogP contribution is -2.51. The van der Waals surface area contributed by atoms with Crippen LogP contribution in [-0.2, 0) is 9.59 Å². The van der Waals surface area contributed by atoms with E-state index in [1.54, 1.807) is 5.32 Å². The van der Waals surface area contributed by atoms with E-state index in [0.29, 0.717) is 18.1 Å². The number of nitrogens with one attached hydrogen (secondary N) is 1. The summed E-state index contributed by atoms with van der Waals surface area (Å²) in [4.78, 5) is 23.5. The van der Waals surface area contributed by atoms with E-state index in [-0.39, 0.29) is 6.54 Å². The summed E-state index contributed by atoms with van der Waals surface area (Å²) in [7, 11) is 0. The summed E-state index contributed by atoms with van der Waals surface area (Å²) in [6, 6.07) is -0.819. The molecule has 1 aliphatic rings. The molecule has 0 aromatic rings. The zero-order chi connectivity index (χ0) is 13.8. The van der Waals surface area contributed by atoms with Crippen LogP contribution in [0.15, 0.2) is 0 Å². The Kier molecular flexibility index (Phi) is 5.27. The van der Waals surface area contributed by atoms with Gasteiger partial charge in [-0.15, -0.1) is 0 Å². The van der Waals surface area contributed by atoms with Crippen LogP contribution in [-0.4, -0.2) is 65.2 Å². The molecule has 18 heavy (non-hydrogen) atoms. The quantitative estimate of drug-likeness (QED) is 0.771. The van der Waals surface area contributed by atoms with Gasteiger partial charge in [-0.2, -0.15) is 24.9 Å². The van der Waals surface area contributed by atoms with Crippen molar-refractivity contribution in [2.75, 3.05) is 31.1 Å². The number of carbonyl (C=O) groups excluding carboxylic acids is 1. The minimum absolute atomic E-state index is 0.326. The summed E-state index contributed by atoms with van der Waals surface area (Å²) >= 11 is 1.45. The summed E-state index contributed by atoms with van der Waals surface area (Å²) in [5.74, 6) is -0.880. The Morgan fingerprint density at radius 3 is 2.67 bits per heavy atom. The predicted octanol–water partition coefficient (Wildman–Crippen LogP) is 0.167. The number of carbonyl (C=O) groups is 2. The van der Waals surface area contributed by atoms with Gasteiger partial charge in [-0.25, -0.2) is 0 Å². The van der Waals surface area contributed by atoms with E-state index in [4.69, 9.17) is 5.11 Å². The Hall–Kier alpha value is -0.960. The number of thioether (sulfide) groups is 1. The topological polar surface area (TPSA) is 69.6 Å². The molecule has 1 atom stereocenters. The molecule has 5 nitrogen and oxygen atoms in total. The highest BCUT2D eigenvalue weighted by molar-refractivity contribution is 7.99. The average Bonchev–Trinajstić information content (AvgIpc) is 2.26. The molecular formula is C9H13F3N2O3S. The predicted molar refractivity (Wildman–Crippen MR) is 59.4 cm³/mol. The minimum Gasteiger partial charge on any atom is -0.480 e. The SMILES string of the molecule is O=C(CN1CCSCC1C(=O)O)NCC(F)(F)F. The molecule has 0 aromatic carbocycles. The molecule has 2 N–H and O–H groups in total. The highest BCUT2D eigenvalue weighted by Crippen LogP contribution is 2.16. The van der Waals surface area contributed by atoms with Crippen molar-refractivity contribution >= 4 is 23.6 Å². The van der Waals surface area contributed by atoms with Crippen molar-refractivity contribution in [2.45, 2.75) is 12.2 Å². The standard InChI is InChI=1S/C9H13F3N2O3S/c10-9(11,12)5-13-7(15)3-14-1-2-18-4-6(14)8(16)17/h6H,1-5H2,(H,13,15)(H,16,17). The second kappa shape index (κ2) is 6.28. The molecule has 0 saturated carbocycles. The highest BCUT2D eigenvalue weighted by atomic mass is 32.2. The first-order chi connectivity index (χ1) is 8.29. The van der Waals surface area contributed by atoms with E-state index in [1.165, 1.54) is 16.7 Å². The smallest absolute Gasteiger partial charge is 0.405 e. The molecule has 0 aliphatic carbocycles. The molecule has 0 radical (unpaired) electrons. The van der Waals surface area contributed by atoms with Crippen LogP contribution >= 0.6 is 11.8 Å². The summed E-state index contributed by atoms with van der Waals surface area (Å²) in [5, 5.41) is 10.6. The zero-order valence-corrected chi connectivity index (χ0v) is 10.2. The fourth-order valence-electron chi connectivity index (χ4n) is 1.49. The Balaban J connectivity index is 2.44. The largest absolute Gasteiger partial charge is 0.480 e. The molecule has 1 amide bonds. The van der Waals surface area contributed by atoms with Crippen molar-refractivity contribution in [3.63, 3.8) is 0 Å². The number of carboxylic acids is 1. The third-order valence-electron chi connectivity index (χ3n) is 2.36. The van der Waals surface area contributed by atoms with Gasteiger partial charge in [-0.1, -0.05) is 0 Å². The van der Waals surface area contributed by atoms with Gasteiger partial charge in [0.1, 0.15) is 12.6 Å². The van der Waals surface area contributed by atoms with Gasteiger partial charge in [-0.05, 0) is 0 Å². The first kappa shape index (κ1) is 15.1. The minimum atomic E-state index is -4.46. The van der Waals surface area contributed by atoms with E-state index in [2.05, 4.69) is 0 Å². The molecule has 1 heterocycles. The van der Waals surface area contributed by atoms with Crippen molar-refractivity contribution in [1.82, 2.24) is 10.2 Å². The fourth-order valence-corrected chi connectivity index (χ4v) is 2.60. The van der Waals surface area contributed by atoms with Crippen LogP contribution < -0.4 is 5.32 Å². The number of halogens is 3. The molecule has 0 bridgehead atoms. The number of aliphatic carboxylic acids is 1. The lowest BCUT2D eigenvalue weighted by Gasteiger charge is -2.31.